The SMILES string of the molecule is O=CCC(c1ccccc1OC(F)F)n1[nH]c(=O)c2ccc(Br)cc21. The highest BCUT2D eigenvalue weighted by molar-refractivity contribution is 9.10. The van der Waals surface area contributed by atoms with Crippen molar-refractivity contribution >= 4 is 33.1 Å². The van der Waals surface area contributed by atoms with Gasteiger partial charge >= 0.3 is 6.61 Å². The van der Waals surface area contributed by atoms with Crippen LogP contribution in [0.3, 0.4) is 0 Å². The fourth-order valence-corrected chi connectivity index (χ4v) is 3.14. The van der Waals surface area contributed by atoms with E-state index in [-0.39, 0.29) is 17.7 Å². The number of H-pyrrole nitrogens is 1. The molecule has 5 nitrogen and oxygen atoms in total. The number of aromatic nitrogens is 2. The molecule has 1 aromatic heterocycles. The number of nitrogens with zero attached hydrogens (tertiary/aromatic N) is 1. The van der Waals surface area contributed by atoms with Crippen molar-refractivity contribution in [3.63, 3.8) is 0 Å². The number of aromatic amines is 1. The summed E-state index contributed by atoms with van der Waals surface area (Å²) < 4.78 is 32.2. The Morgan fingerprint density at radius 3 is 2.72 bits per heavy atom. The number of fused-ring (bicyclic) bond motifs is 1. The highest BCUT2D eigenvalue weighted by atomic mass is 79.9. The summed E-state index contributed by atoms with van der Waals surface area (Å²) in [4.78, 5) is 23.4. The van der Waals surface area contributed by atoms with Crippen molar-refractivity contribution in [2.75, 3.05) is 0 Å². The fraction of sp³-hybridized carbons (Fsp3) is 0.176. The van der Waals surface area contributed by atoms with Crippen molar-refractivity contribution in [1.29, 1.82) is 0 Å². The first-order valence-electron chi connectivity index (χ1n) is 7.38. The van der Waals surface area contributed by atoms with Gasteiger partial charge < -0.3 is 9.53 Å². The van der Waals surface area contributed by atoms with Gasteiger partial charge in [-0.1, -0.05) is 34.1 Å². The van der Waals surface area contributed by atoms with E-state index in [1.165, 1.54) is 10.7 Å². The van der Waals surface area contributed by atoms with Crippen LogP contribution < -0.4 is 10.3 Å². The van der Waals surface area contributed by atoms with Crippen molar-refractivity contribution in [1.82, 2.24) is 9.78 Å². The number of ether oxygens (including phenoxy) is 1. The van der Waals surface area contributed by atoms with E-state index in [1.54, 1.807) is 36.4 Å². The van der Waals surface area contributed by atoms with Gasteiger partial charge in [0.15, 0.2) is 0 Å². The first-order chi connectivity index (χ1) is 12.0. The van der Waals surface area contributed by atoms with E-state index < -0.39 is 12.7 Å². The molecule has 0 radical (unpaired) electrons. The van der Waals surface area contributed by atoms with Crippen molar-refractivity contribution < 1.29 is 18.3 Å². The number of para-hydroxylation sites is 1. The summed E-state index contributed by atoms with van der Waals surface area (Å²) >= 11 is 3.34. The van der Waals surface area contributed by atoms with Crippen molar-refractivity contribution in [2.24, 2.45) is 0 Å². The lowest BCUT2D eigenvalue weighted by molar-refractivity contribution is -0.108. The Bertz CT molecular complexity index is 968. The fourth-order valence-electron chi connectivity index (χ4n) is 2.79. The number of nitrogens with one attached hydrogen (secondary N) is 1. The molecule has 3 aromatic rings. The third kappa shape index (κ3) is 3.48. The molecule has 0 saturated heterocycles. The maximum atomic E-state index is 12.7. The minimum absolute atomic E-state index is 0.0180. The van der Waals surface area contributed by atoms with Crippen LogP contribution in [0.15, 0.2) is 51.7 Å². The van der Waals surface area contributed by atoms with E-state index in [1.807, 2.05) is 0 Å². The molecule has 1 heterocycles. The van der Waals surface area contributed by atoms with Crippen LogP contribution in [0.2, 0.25) is 0 Å². The highest BCUT2D eigenvalue weighted by Crippen LogP contribution is 2.32. The first kappa shape index (κ1) is 17.3. The zero-order chi connectivity index (χ0) is 18.0. The number of hydrogen-bond acceptors (Lipinski definition) is 3. The lowest BCUT2D eigenvalue weighted by Crippen LogP contribution is -2.17. The zero-order valence-corrected chi connectivity index (χ0v) is 14.4. The molecule has 1 atom stereocenters. The average Bonchev–Trinajstić information content (AvgIpc) is 2.89. The van der Waals surface area contributed by atoms with Gasteiger partial charge in [-0.2, -0.15) is 8.78 Å². The molecule has 3 rings (SSSR count). The summed E-state index contributed by atoms with van der Waals surface area (Å²) in [7, 11) is 0. The lowest BCUT2D eigenvalue weighted by atomic mass is 10.0. The Morgan fingerprint density at radius 1 is 1.24 bits per heavy atom. The molecule has 2 aromatic carbocycles. The van der Waals surface area contributed by atoms with Crippen molar-refractivity contribution in [2.45, 2.75) is 19.1 Å². The van der Waals surface area contributed by atoms with E-state index in [2.05, 4.69) is 25.8 Å². The van der Waals surface area contributed by atoms with Gasteiger partial charge in [0.2, 0.25) is 0 Å². The monoisotopic (exact) mass is 410 g/mol. The Labute approximate surface area is 149 Å². The Kier molecular flexibility index (Phi) is 4.98. The standard InChI is InChI=1S/C17H13BrF2N2O3/c18-10-5-6-12-14(9-10)22(21-16(12)24)13(7-8-23)11-3-1-2-4-15(11)25-17(19)20/h1-6,8-9,13,17H,7H2,(H,21,24). The van der Waals surface area contributed by atoms with E-state index in [9.17, 15) is 18.4 Å². The van der Waals surface area contributed by atoms with Crippen LogP contribution in [0, 0.1) is 0 Å². The molecule has 0 saturated carbocycles. The topological polar surface area (TPSA) is 64.1 Å². The molecule has 1 N–H and O–H groups in total. The number of halogens is 3. The van der Waals surface area contributed by atoms with Crippen molar-refractivity contribution in [3.8, 4) is 5.75 Å². The van der Waals surface area contributed by atoms with Crippen LogP contribution in [0.5, 0.6) is 5.75 Å². The van der Waals surface area contributed by atoms with Gasteiger partial charge in [-0.25, -0.2) is 0 Å². The van der Waals surface area contributed by atoms with Gasteiger partial charge in [0, 0.05) is 16.5 Å². The molecule has 25 heavy (non-hydrogen) atoms. The molecule has 0 bridgehead atoms. The van der Waals surface area contributed by atoms with Crippen LogP contribution in [0.1, 0.15) is 18.0 Å². The van der Waals surface area contributed by atoms with Crippen LogP contribution in [0.25, 0.3) is 10.9 Å². The lowest BCUT2D eigenvalue weighted by Gasteiger charge is -2.20. The van der Waals surface area contributed by atoms with Crippen LogP contribution >= 0.6 is 15.9 Å². The second-order valence-electron chi connectivity index (χ2n) is 5.31. The molecule has 0 amide bonds. The van der Waals surface area contributed by atoms with Gasteiger partial charge in [0.25, 0.3) is 5.56 Å². The maximum Gasteiger partial charge on any atom is 0.387 e. The van der Waals surface area contributed by atoms with Crippen LogP contribution in [0.4, 0.5) is 8.78 Å². The summed E-state index contributed by atoms with van der Waals surface area (Å²) in [5.41, 5.74) is 0.603. The minimum atomic E-state index is -2.99. The van der Waals surface area contributed by atoms with Crippen LogP contribution in [-0.4, -0.2) is 22.7 Å². The highest BCUT2D eigenvalue weighted by Gasteiger charge is 2.22. The number of rotatable bonds is 6. The summed E-state index contributed by atoms with van der Waals surface area (Å²) in [6.07, 6.45) is 0.655. The predicted molar refractivity (Wildman–Crippen MR) is 92.2 cm³/mol. The molecule has 0 aliphatic carbocycles. The normalized spacial score (nSPS) is 12.5. The first-order valence-corrected chi connectivity index (χ1v) is 8.17. The second kappa shape index (κ2) is 7.18. The van der Waals surface area contributed by atoms with Crippen molar-refractivity contribution in [3.05, 3.63) is 62.9 Å². The zero-order valence-electron chi connectivity index (χ0n) is 12.8. The maximum absolute atomic E-state index is 12.7. The number of alkyl halides is 2. The summed E-state index contributed by atoms with van der Waals surface area (Å²) in [5, 5.41) is 3.12. The molecular weight excluding hydrogens is 398 g/mol. The Morgan fingerprint density at radius 2 is 2.00 bits per heavy atom. The quantitative estimate of drug-likeness (QED) is 0.627. The predicted octanol–water partition coefficient (Wildman–Crippen LogP) is 3.87. The van der Waals surface area contributed by atoms with Crippen LogP contribution in [-0.2, 0) is 4.79 Å². The summed E-state index contributed by atoms with van der Waals surface area (Å²) in [6.45, 7) is -2.99. The van der Waals surface area contributed by atoms with E-state index in [0.717, 1.165) is 4.47 Å². The number of benzene rings is 2. The van der Waals surface area contributed by atoms with Gasteiger partial charge in [-0.15, -0.1) is 0 Å². The Hall–Kier alpha value is -2.48. The van der Waals surface area contributed by atoms with Gasteiger partial charge in [-0.3, -0.25) is 14.6 Å². The number of aldehydes is 1. The van der Waals surface area contributed by atoms with Gasteiger partial charge in [-0.05, 0) is 24.3 Å². The number of carbonyl (C=O) groups is 1. The smallest absolute Gasteiger partial charge is 0.387 e. The molecule has 130 valence electrons. The summed E-state index contributed by atoms with van der Waals surface area (Å²) in [5.74, 6) is -0.0398. The van der Waals surface area contributed by atoms with E-state index in [0.29, 0.717) is 22.8 Å². The third-order valence-electron chi connectivity index (χ3n) is 3.81. The number of carbonyl (C=O) groups excluding carboxylic acids is 1. The molecule has 0 aliphatic rings. The van der Waals surface area contributed by atoms with E-state index in [4.69, 9.17) is 0 Å². The van der Waals surface area contributed by atoms with E-state index >= 15 is 0 Å². The molecule has 8 heteroatoms. The number of hydrogen-bond donors (Lipinski definition) is 1. The molecular formula is C17H13BrF2N2O3. The molecule has 0 spiro atoms. The van der Waals surface area contributed by atoms with Gasteiger partial charge in [0.05, 0.1) is 16.9 Å². The molecule has 0 aliphatic heterocycles. The molecule has 0 fully saturated rings. The second-order valence-corrected chi connectivity index (χ2v) is 6.22. The largest absolute Gasteiger partial charge is 0.434 e. The molecule has 1 unspecified atom stereocenters. The average molecular weight is 411 g/mol. The van der Waals surface area contributed by atoms with Gasteiger partial charge in [0.1, 0.15) is 12.0 Å². The summed E-state index contributed by atoms with van der Waals surface area (Å²) in [6, 6.07) is 10.6. The minimum Gasteiger partial charge on any atom is -0.434 e. The Balaban J connectivity index is 2.20. The third-order valence-corrected chi connectivity index (χ3v) is 4.30.